The van der Waals surface area contributed by atoms with Crippen molar-refractivity contribution >= 4 is 10.8 Å². The second kappa shape index (κ2) is 6.21. The molecule has 98 valence electrons. The van der Waals surface area contributed by atoms with Crippen LogP contribution in [0.5, 0.6) is 5.75 Å². The fraction of sp³-hybridized carbons (Fsp3) is 0.312. The van der Waals surface area contributed by atoms with Gasteiger partial charge in [-0.15, -0.1) is 0 Å². The van der Waals surface area contributed by atoms with Gasteiger partial charge in [0.25, 0.3) is 0 Å². The predicted molar refractivity (Wildman–Crippen MR) is 77.1 cm³/mol. The summed E-state index contributed by atoms with van der Waals surface area (Å²) in [6.45, 7) is 4.38. The van der Waals surface area contributed by atoms with Crippen LogP contribution in [0.2, 0.25) is 0 Å². The minimum absolute atomic E-state index is 0.268. The average molecular weight is 254 g/mol. The van der Waals surface area contributed by atoms with E-state index < -0.39 is 0 Å². The molecule has 0 heterocycles. The van der Waals surface area contributed by atoms with Gasteiger partial charge in [0.05, 0.1) is 6.07 Å². The molecular formula is C16H18N2O. The summed E-state index contributed by atoms with van der Waals surface area (Å²) >= 11 is 0. The van der Waals surface area contributed by atoms with Crippen molar-refractivity contribution in [2.75, 3.05) is 6.61 Å². The maximum Gasteiger partial charge on any atom is 0.130 e. The number of ether oxygens (including phenoxy) is 1. The van der Waals surface area contributed by atoms with Crippen molar-refractivity contribution in [2.24, 2.45) is 0 Å². The minimum atomic E-state index is -0.286. The summed E-state index contributed by atoms with van der Waals surface area (Å²) in [6, 6.07) is 16.3. The van der Waals surface area contributed by atoms with E-state index >= 15 is 0 Å². The molecule has 1 unspecified atom stereocenters. The van der Waals surface area contributed by atoms with Crippen molar-refractivity contribution in [3.05, 3.63) is 42.5 Å². The number of hydrogen-bond acceptors (Lipinski definition) is 3. The number of benzene rings is 2. The molecule has 0 saturated heterocycles. The van der Waals surface area contributed by atoms with Crippen LogP contribution in [0.15, 0.2) is 42.5 Å². The Morgan fingerprint density at radius 3 is 2.58 bits per heavy atom. The Kier molecular flexibility index (Phi) is 4.38. The molecule has 0 spiro atoms. The van der Waals surface area contributed by atoms with Gasteiger partial charge in [-0.1, -0.05) is 30.3 Å². The SMILES string of the molecule is CC(C)NC(C#N)COc1ccc2ccccc2c1. The van der Waals surface area contributed by atoms with Gasteiger partial charge in [0.2, 0.25) is 0 Å². The van der Waals surface area contributed by atoms with E-state index in [0.29, 0.717) is 6.61 Å². The van der Waals surface area contributed by atoms with Crippen LogP contribution in [0.1, 0.15) is 13.8 Å². The van der Waals surface area contributed by atoms with Gasteiger partial charge in [-0.25, -0.2) is 0 Å². The van der Waals surface area contributed by atoms with Crippen LogP contribution in [0, 0.1) is 11.3 Å². The summed E-state index contributed by atoms with van der Waals surface area (Å²) in [6.07, 6.45) is 0. The predicted octanol–water partition coefficient (Wildman–Crippen LogP) is 3.11. The number of fused-ring (bicyclic) bond motifs is 1. The summed E-state index contributed by atoms with van der Waals surface area (Å²) in [5, 5.41) is 14.5. The van der Waals surface area contributed by atoms with E-state index in [1.165, 1.54) is 5.39 Å². The molecule has 0 aromatic heterocycles. The Bertz CT molecular complexity index is 587. The molecule has 0 fully saturated rings. The smallest absolute Gasteiger partial charge is 0.130 e. The quantitative estimate of drug-likeness (QED) is 0.891. The maximum atomic E-state index is 9.03. The first-order valence-electron chi connectivity index (χ1n) is 6.46. The van der Waals surface area contributed by atoms with E-state index in [2.05, 4.69) is 23.5 Å². The van der Waals surface area contributed by atoms with E-state index in [0.717, 1.165) is 11.1 Å². The molecule has 0 amide bonds. The second-order valence-electron chi connectivity index (χ2n) is 4.82. The third-order valence-electron chi connectivity index (χ3n) is 2.83. The first-order valence-corrected chi connectivity index (χ1v) is 6.46. The molecule has 2 rings (SSSR count). The normalized spacial score (nSPS) is 12.3. The monoisotopic (exact) mass is 254 g/mol. The van der Waals surface area contributed by atoms with Crippen molar-refractivity contribution in [2.45, 2.75) is 25.9 Å². The zero-order valence-electron chi connectivity index (χ0n) is 11.3. The largest absolute Gasteiger partial charge is 0.491 e. The van der Waals surface area contributed by atoms with Crippen molar-refractivity contribution in [1.29, 1.82) is 5.26 Å². The average Bonchev–Trinajstić information content (AvgIpc) is 2.42. The Balaban J connectivity index is 2.03. The molecular weight excluding hydrogens is 236 g/mol. The van der Waals surface area contributed by atoms with Gasteiger partial charge in [0, 0.05) is 6.04 Å². The number of rotatable bonds is 5. The van der Waals surface area contributed by atoms with Crippen LogP contribution < -0.4 is 10.1 Å². The van der Waals surface area contributed by atoms with Gasteiger partial charge >= 0.3 is 0 Å². The first kappa shape index (κ1) is 13.4. The van der Waals surface area contributed by atoms with Crippen LogP contribution in [0.3, 0.4) is 0 Å². The zero-order chi connectivity index (χ0) is 13.7. The lowest BCUT2D eigenvalue weighted by atomic mass is 10.1. The van der Waals surface area contributed by atoms with Crippen LogP contribution in [0.25, 0.3) is 10.8 Å². The summed E-state index contributed by atoms with van der Waals surface area (Å²) in [5.41, 5.74) is 0. The first-order chi connectivity index (χ1) is 9.19. The minimum Gasteiger partial charge on any atom is -0.491 e. The molecule has 0 radical (unpaired) electrons. The Hall–Kier alpha value is -2.05. The highest BCUT2D eigenvalue weighted by Gasteiger charge is 2.09. The molecule has 3 heteroatoms. The molecule has 19 heavy (non-hydrogen) atoms. The summed E-state index contributed by atoms with van der Waals surface area (Å²) < 4.78 is 5.68. The third kappa shape index (κ3) is 3.70. The fourth-order valence-electron chi connectivity index (χ4n) is 1.96. The lowest BCUT2D eigenvalue weighted by molar-refractivity contribution is 0.283. The molecule has 1 atom stereocenters. The highest BCUT2D eigenvalue weighted by atomic mass is 16.5. The maximum absolute atomic E-state index is 9.03. The highest BCUT2D eigenvalue weighted by Crippen LogP contribution is 2.20. The number of nitrogens with one attached hydrogen (secondary N) is 1. The van der Waals surface area contributed by atoms with Crippen LogP contribution in [-0.2, 0) is 0 Å². The van der Waals surface area contributed by atoms with E-state index in [1.54, 1.807) is 0 Å². The number of nitrogens with zero attached hydrogens (tertiary/aromatic N) is 1. The van der Waals surface area contributed by atoms with Crippen molar-refractivity contribution in [1.82, 2.24) is 5.32 Å². The number of nitriles is 1. The number of hydrogen-bond donors (Lipinski definition) is 1. The summed E-state index contributed by atoms with van der Waals surface area (Å²) in [7, 11) is 0. The lowest BCUT2D eigenvalue weighted by Crippen LogP contribution is -2.37. The van der Waals surface area contributed by atoms with Crippen LogP contribution in [0.4, 0.5) is 0 Å². The highest BCUT2D eigenvalue weighted by molar-refractivity contribution is 5.83. The lowest BCUT2D eigenvalue weighted by Gasteiger charge is -2.15. The van der Waals surface area contributed by atoms with Gasteiger partial charge in [0.15, 0.2) is 0 Å². The zero-order valence-corrected chi connectivity index (χ0v) is 11.3. The molecule has 0 aliphatic heterocycles. The van der Waals surface area contributed by atoms with Gasteiger partial charge in [-0.2, -0.15) is 5.26 Å². The van der Waals surface area contributed by atoms with Crippen LogP contribution >= 0.6 is 0 Å². The van der Waals surface area contributed by atoms with Gasteiger partial charge in [0.1, 0.15) is 18.4 Å². The van der Waals surface area contributed by atoms with Crippen molar-refractivity contribution in [3.8, 4) is 11.8 Å². The molecule has 0 saturated carbocycles. The molecule has 2 aromatic rings. The Morgan fingerprint density at radius 2 is 1.89 bits per heavy atom. The summed E-state index contributed by atoms with van der Waals surface area (Å²) in [5.74, 6) is 0.796. The van der Waals surface area contributed by atoms with E-state index in [1.807, 2.05) is 44.2 Å². The topological polar surface area (TPSA) is 45.0 Å². The van der Waals surface area contributed by atoms with E-state index in [-0.39, 0.29) is 12.1 Å². The Labute approximate surface area is 113 Å². The third-order valence-corrected chi connectivity index (χ3v) is 2.83. The summed E-state index contributed by atoms with van der Waals surface area (Å²) in [4.78, 5) is 0. The van der Waals surface area contributed by atoms with Crippen molar-refractivity contribution < 1.29 is 4.74 Å². The van der Waals surface area contributed by atoms with Crippen LogP contribution in [-0.4, -0.2) is 18.7 Å². The molecule has 3 nitrogen and oxygen atoms in total. The van der Waals surface area contributed by atoms with E-state index in [9.17, 15) is 0 Å². The fourth-order valence-corrected chi connectivity index (χ4v) is 1.96. The molecule has 2 aromatic carbocycles. The van der Waals surface area contributed by atoms with Gasteiger partial charge in [-0.05, 0) is 36.8 Å². The van der Waals surface area contributed by atoms with Crippen molar-refractivity contribution in [3.63, 3.8) is 0 Å². The second-order valence-corrected chi connectivity index (χ2v) is 4.82. The molecule has 0 aliphatic rings. The standard InChI is InChI=1S/C16H18N2O/c1-12(2)18-15(10-17)11-19-16-8-7-13-5-3-4-6-14(13)9-16/h3-9,12,15,18H,11H2,1-2H3. The Morgan fingerprint density at radius 1 is 1.16 bits per heavy atom. The molecule has 0 bridgehead atoms. The molecule has 1 N–H and O–H groups in total. The molecule has 0 aliphatic carbocycles. The van der Waals surface area contributed by atoms with E-state index in [4.69, 9.17) is 10.00 Å². The van der Waals surface area contributed by atoms with Gasteiger partial charge in [-0.3, -0.25) is 5.32 Å². The van der Waals surface area contributed by atoms with Gasteiger partial charge < -0.3 is 4.74 Å².